The van der Waals surface area contributed by atoms with Gasteiger partial charge in [-0.25, -0.2) is 0 Å². The molecule has 34 heavy (non-hydrogen) atoms. The van der Waals surface area contributed by atoms with Crippen LogP contribution >= 0.6 is 58.2 Å². The van der Waals surface area contributed by atoms with Crippen LogP contribution < -0.4 is 5.32 Å². The van der Waals surface area contributed by atoms with Crippen molar-refractivity contribution in [2.24, 2.45) is 5.16 Å². The lowest BCUT2D eigenvalue weighted by Crippen LogP contribution is -2.42. The van der Waals surface area contributed by atoms with Crippen LogP contribution in [0.4, 0.5) is 13.2 Å². The SMILES string of the molecule is CC(=O)SCC(=O)NCc1ccc(C2=NOC(c3cc(Cl)c(Cl)c(Cl)c3)(C(F)(F)F)C2)cc1Cl. The van der Waals surface area contributed by atoms with Gasteiger partial charge in [0.15, 0.2) is 5.12 Å². The van der Waals surface area contributed by atoms with Crippen molar-refractivity contribution in [1.82, 2.24) is 5.32 Å². The van der Waals surface area contributed by atoms with Crippen molar-refractivity contribution in [1.29, 1.82) is 0 Å². The maximum absolute atomic E-state index is 14.2. The molecule has 0 saturated heterocycles. The lowest BCUT2D eigenvalue weighted by molar-refractivity contribution is -0.275. The number of thioether (sulfide) groups is 1. The van der Waals surface area contributed by atoms with Gasteiger partial charge < -0.3 is 10.2 Å². The molecule has 0 radical (unpaired) electrons. The number of amides is 1. The molecule has 1 unspecified atom stereocenters. The summed E-state index contributed by atoms with van der Waals surface area (Å²) in [5.74, 6) is -0.388. The molecule has 2 aromatic carbocycles. The Bertz CT molecular complexity index is 1150. The van der Waals surface area contributed by atoms with E-state index in [1.807, 2.05) is 0 Å². The Morgan fingerprint density at radius 2 is 1.76 bits per heavy atom. The monoisotopic (exact) mass is 572 g/mol. The van der Waals surface area contributed by atoms with E-state index in [9.17, 15) is 22.8 Å². The van der Waals surface area contributed by atoms with Crippen molar-refractivity contribution in [3.63, 3.8) is 0 Å². The first-order valence-electron chi connectivity index (χ1n) is 9.49. The van der Waals surface area contributed by atoms with Gasteiger partial charge in [-0.05, 0) is 23.8 Å². The molecule has 0 fully saturated rings. The molecule has 182 valence electrons. The molecule has 0 bridgehead atoms. The van der Waals surface area contributed by atoms with Crippen LogP contribution in [0.25, 0.3) is 0 Å². The highest BCUT2D eigenvalue weighted by Gasteiger charge is 2.62. The molecule has 1 atom stereocenters. The van der Waals surface area contributed by atoms with E-state index in [2.05, 4.69) is 10.5 Å². The van der Waals surface area contributed by atoms with Crippen molar-refractivity contribution in [2.45, 2.75) is 31.7 Å². The van der Waals surface area contributed by atoms with E-state index in [0.717, 1.165) is 23.9 Å². The highest BCUT2D eigenvalue weighted by Crippen LogP contribution is 2.50. The van der Waals surface area contributed by atoms with Crippen molar-refractivity contribution >= 4 is 74.9 Å². The van der Waals surface area contributed by atoms with Gasteiger partial charge >= 0.3 is 6.18 Å². The Morgan fingerprint density at radius 1 is 1.12 bits per heavy atom. The van der Waals surface area contributed by atoms with E-state index in [4.69, 9.17) is 51.2 Å². The van der Waals surface area contributed by atoms with Crippen LogP contribution in [0.2, 0.25) is 20.1 Å². The number of oxime groups is 1. The summed E-state index contributed by atoms with van der Waals surface area (Å²) in [6, 6.07) is 6.61. The third-order valence-corrected chi connectivity index (χ3v) is 7.27. The lowest BCUT2D eigenvalue weighted by atomic mass is 9.86. The first kappa shape index (κ1) is 26.9. The third-order valence-electron chi connectivity index (χ3n) is 4.90. The lowest BCUT2D eigenvalue weighted by Gasteiger charge is -2.30. The Balaban J connectivity index is 1.81. The zero-order valence-corrected chi connectivity index (χ0v) is 21.1. The van der Waals surface area contributed by atoms with Crippen LogP contribution in [-0.2, 0) is 26.6 Å². The number of hydrogen-bond donors (Lipinski definition) is 1. The second-order valence-electron chi connectivity index (χ2n) is 7.25. The Kier molecular flexibility index (Phi) is 8.35. The van der Waals surface area contributed by atoms with Gasteiger partial charge in [-0.15, -0.1) is 0 Å². The smallest absolute Gasteiger partial charge is 0.374 e. The van der Waals surface area contributed by atoms with Crippen molar-refractivity contribution in [3.05, 3.63) is 67.1 Å². The molecule has 2 aromatic rings. The molecule has 3 rings (SSSR count). The van der Waals surface area contributed by atoms with Gasteiger partial charge in [-0.2, -0.15) is 13.2 Å². The number of alkyl halides is 3. The zero-order valence-electron chi connectivity index (χ0n) is 17.2. The first-order chi connectivity index (χ1) is 15.8. The average molecular weight is 574 g/mol. The fourth-order valence-corrected chi connectivity index (χ4v) is 4.41. The molecule has 0 saturated carbocycles. The largest absolute Gasteiger partial charge is 0.435 e. The van der Waals surface area contributed by atoms with Crippen LogP contribution in [0, 0.1) is 0 Å². The van der Waals surface area contributed by atoms with Gasteiger partial charge in [-0.3, -0.25) is 9.59 Å². The minimum atomic E-state index is -4.86. The van der Waals surface area contributed by atoms with Gasteiger partial charge in [-0.1, -0.05) is 75.5 Å². The van der Waals surface area contributed by atoms with Crippen molar-refractivity contribution in [2.75, 3.05) is 5.75 Å². The summed E-state index contributed by atoms with van der Waals surface area (Å²) in [5.41, 5.74) is -2.30. The Hall–Kier alpha value is -1.65. The number of carbonyl (C=O) groups is 2. The first-order valence-corrected chi connectivity index (χ1v) is 12.0. The van der Waals surface area contributed by atoms with E-state index < -0.39 is 18.2 Å². The molecule has 1 N–H and O–H groups in total. The number of carbonyl (C=O) groups excluding carboxylic acids is 2. The highest BCUT2D eigenvalue weighted by molar-refractivity contribution is 8.14. The fraction of sp³-hybridized carbons (Fsp3) is 0.286. The van der Waals surface area contributed by atoms with Crippen LogP contribution in [0.15, 0.2) is 35.5 Å². The summed E-state index contributed by atoms with van der Waals surface area (Å²) < 4.78 is 42.5. The molecule has 1 aliphatic heterocycles. The Morgan fingerprint density at radius 3 is 2.32 bits per heavy atom. The quantitative estimate of drug-likeness (QED) is 0.387. The predicted octanol–water partition coefficient (Wildman–Crippen LogP) is 6.78. The zero-order chi connectivity index (χ0) is 25.3. The summed E-state index contributed by atoms with van der Waals surface area (Å²) in [6.45, 7) is 1.43. The number of hydrogen-bond acceptors (Lipinski definition) is 5. The fourth-order valence-electron chi connectivity index (χ4n) is 3.13. The molecule has 13 heteroatoms. The molecule has 0 aromatic heterocycles. The highest BCUT2D eigenvalue weighted by atomic mass is 35.5. The average Bonchev–Trinajstić information content (AvgIpc) is 3.22. The van der Waals surface area contributed by atoms with Crippen molar-refractivity contribution in [3.8, 4) is 0 Å². The molecule has 5 nitrogen and oxygen atoms in total. The molecule has 1 heterocycles. The maximum atomic E-state index is 14.2. The van der Waals surface area contributed by atoms with Gasteiger partial charge in [0.05, 0.1) is 26.5 Å². The van der Waals surface area contributed by atoms with Crippen LogP contribution in [0.3, 0.4) is 0 Å². The molecule has 1 aliphatic rings. The molecular formula is C21H15Cl4F3N2O3S. The van der Waals surface area contributed by atoms with E-state index in [1.165, 1.54) is 19.1 Å². The number of halogens is 7. The number of rotatable bonds is 6. The summed E-state index contributed by atoms with van der Waals surface area (Å²) in [6.07, 6.45) is -5.51. The molecule has 0 spiro atoms. The van der Waals surface area contributed by atoms with Gasteiger partial charge in [0.1, 0.15) is 0 Å². The van der Waals surface area contributed by atoms with Crippen LogP contribution in [0.1, 0.15) is 30.0 Å². The van der Waals surface area contributed by atoms with Crippen LogP contribution in [0.5, 0.6) is 0 Å². The summed E-state index contributed by atoms with van der Waals surface area (Å²) in [5, 5.41) is 5.95. The van der Waals surface area contributed by atoms with E-state index in [1.54, 1.807) is 6.07 Å². The number of nitrogens with one attached hydrogen (secondary N) is 1. The molecule has 0 aliphatic carbocycles. The van der Waals surface area contributed by atoms with Gasteiger partial charge in [0.25, 0.3) is 5.60 Å². The predicted molar refractivity (Wildman–Crippen MR) is 128 cm³/mol. The van der Waals surface area contributed by atoms with E-state index >= 15 is 0 Å². The maximum Gasteiger partial charge on any atom is 0.435 e. The van der Waals surface area contributed by atoms with E-state index in [0.29, 0.717) is 11.1 Å². The van der Waals surface area contributed by atoms with Crippen LogP contribution in [-0.4, -0.2) is 28.7 Å². The topological polar surface area (TPSA) is 67.8 Å². The normalized spacial score (nSPS) is 17.8. The number of nitrogens with zero attached hydrogens (tertiary/aromatic N) is 1. The molecule has 1 amide bonds. The Labute approximate surface area is 216 Å². The second-order valence-corrected chi connectivity index (χ2v) is 10.00. The number of benzene rings is 2. The van der Waals surface area contributed by atoms with Gasteiger partial charge in [0, 0.05) is 36.0 Å². The second kappa shape index (κ2) is 10.5. The minimum absolute atomic E-state index is 0.00913. The van der Waals surface area contributed by atoms with E-state index in [-0.39, 0.29) is 54.7 Å². The summed E-state index contributed by atoms with van der Waals surface area (Å²) in [4.78, 5) is 27.7. The standard InChI is InChI=1S/C21H15Cl4F3N2O3S/c1-10(31)34-9-18(32)29-8-12-3-2-11(4-14(12)22)17-7-20(33-30-17,21(26,27)28)13-5-15(23)19(25)16(24)6-13/h2-6H,7-9H2,1H3,(H,29,32). The van der Waals surface area contributed by atoms with Gasteiger partial charge in [0.2, 0.25) is 5.91 Å². The molecular weight excluding hydrogens is 559 g/mol. The minimum Gasteiger partial charge on any atom is -0.374 e. The summed E-state index contributed by atoms with van der Waals surface area (Å²) >= 11 is 24.9. The summed E-state index contributed by atoms with van der Waals surface area (Å²) in [7, 11) is 0. The van der Waals surface area contributed by atoms with Crippen molar-refractivity contribution < 1.29 is 27.6 Å². The third kappa shape index (κ3) is 5.76.